The van der Waals surface area contributed by atoms with Crippen molar-refractivity contribution in [2.75, 3.05) is 39.5 Å². The largest absolute Gasteiger partial charge is 0.472 e. The SMILES string of the molecule is c1cc(CN2CCC[C@]3(C[C@H](OCC4CCOCC4)CO3)C2)co1. The first kappa shape index (κ1) is 16.6. The van der Waals surface area contributed by atoms with Crippen LogP contribution < -0.4 is 0 Å². The first-order valence-corrected chi connectivity index (χ1v) is 9.38. The Morgan fingerprint density at radius 1 is 1.29 bits per heavy atom. The smallest absolute Gasteiger partial charge is 0.0947 e. The van der Waals surface area contributed by atoms with E-state index in [2.05, 4.69) is 11.0 Å². The predicted molar refractivity (Wildman–Crippen MR) is 89.8 cm³/mol. The highest BCUT2D eigenvalue weighted by Gasteiger charge is 2.44. The lowest BCUT2D eigenvalue weighted by Gasteiger charge is -2.39. The molecule has 5 nitrogen and oxygen atoms in total. The summed E-state index contributed by atoms with van der Waals surface area (Å²) in [5.41, 5.74) is 1.25. The molecule has 1 spiro atoms. The van der Waals surface area contributed by atoms with Crippen molar-refractivity contribution >= 4 is 0 Å². The Morgan fingerprint density at radius 2 is 2.21 bits per heavy atom. The number of nitrogens with zero attached hydrogens (tertiary/aromatic N) is 1. The first-order chi connectivity index (χ1) is 11.8. The van der Waals surface area contributed by atoms with Gasteiger partial charge in [0.05, 0.1) is 37.4 Å². The molecule has 0 bridgehead atoms. The maximum absolute atomic E-state index is 6.27. The van der Waals surface area contributed by atoms with Gasteiger partial charge >= 0.3 is 0 Å². The third-order valence-electron chi connectivity index (χ3n) is 5.69. The van der Waals surface area contributed by atoms with Crippen LogP contribution in [-0.2, 0) is 20.8 Å². The second kappa shape index (κ2) is 7.56. The van der Waals surface area contributed by atoms with E-state index in [1.807, 2.05) is 6.26 Å². The van der Waals surface area contributed by atoms with Crippen LogP contribution in [0.5, 0.6) is 0 Å². The molecule has 0 aromatic carbocycles. The molecule has 3 aliphatic heterocycles. The molecule has 3 fully saturated rings. The summed E-state index contributed by atoms with van der Waals surface area (Å²) in [7, 11) is 0. The van der Waals surface area contributed by atoms with Crippen molar-refractivity contribution in [2.45, 2.75) is 50.4 Å². The van der Waals surface area contributed by atoms with Crippen LogP contribution in [0.3, 0.4) is 0 Å². The van der Waals surface area contributed by atoms with Crippen LogP contribution >= 0.6 is 0 Å². The molecule has 0 unspecified atom stereocenters. The molecule has 5 heteroatoms. The lowest BCUT2D eigenvalue weighted by Crippen LogP contribution is -2.47. The number of piperidine rings is 1. The summed E-state index contributed by atoms with van der Waals surface area (Å²) in [4.78, 5) is 2.50. The van der Waals surface area contributed by atoms with Crippen molar-refractivity contribution in [3.05, 3.63) is 24.2 Å². The van der Waals surface area contributed by atoms with Gasteiger partial charge in [-0.3, -0.25) is 4.90 Å². The molecule has 3 saturated heterocycles. The van der Waals surface area contributed by atoms with Crippen molar-refractivity contribution in [1.82, 2.24) is 4.90 Å². The van der Waals surface area contributed by atoms with Gasteiger partial charge in [-0.05, 0) is 44.2 Å². The summed E-state index contributed by atoms with van der Waals surface area (Å²) in [6.45, 7) is 6.51. The van der Waals surface area contributed by atoms with Gasteiger partial charge in [0.2, 0.25) is 0 Å². The van der Waals surface area contributed by atoms with Gasteiger partial charge in [-0.15, -0.1) is 0 Å². The Kier molecular flexibility index (Phi) is 5.22. The molecule has 1 aromatic heterocycles. The fourth-order valence-electron chi connectivity index (χ4n) is 4.35. The van der Waals surface area contributed by atoms with Crippen molar-refractivity contribution in [3.8, 4) is 0 Å². The van der Waals surface area contributed by atoms with Gasteiger partial charge < -0.3 is 18.6 Å². The van der Waals surface area contributed by atoms with Gasteiger partial charge in [-0.25, -0.2) is 0 Å². The van der Waals surface area contributed by atoms with E-state index in [0.717, 1.165) is 71.7 Å². The second-order valence-corrected chi connectivity index (χ2v) is 7.66. The Bertz CT molecular complexity index is 499. The van der Waals surface area contributed by atoms with E-state index in [1.165, 1.54) is 12.0 Å². The number of hydrogen-bond donors (Lipinski definition) is 0. The molecule has 3 aliphatic rings. The van der Waals surface area contributed by atoms with E-state index in [0.29, 0.717) is 5.92 Å². The van der Waals surface area contributed by atoms with Crippen LogP contribution in [0.15, 0.2) is 23.0 Å². The highest BCUT2D eigenvalue weighted by molar-refractivity contribution is 5.06. The molecule has 4 rings (SSSR count). The zero-order chi connectivity index (χ0) is 16.2. The lowest BCUT2D eigenvalue weighted by molar-refractivity contribution is -0.0555. The molecule has 0 N–H and O–H groups in total. The predicted octanol–water partition coefficient (Wildman–Crippen LogP) is 2.85. The molecular weight excluding hydrogens is 306 g/mol. The van der Waals surface area contributed by atoms with Crippen LogP contribution in [0.4, 0.5) is 0 Å². The van der Waals surface area contributed by atoms with Crippen LogP contribution in [-0.4, -0.2) is 56.1 Å². The van der Waals surface area contributed by atoms with Gasteiger partial charge in [0.15, 0.2) is 0 Å². The standard InChI is InChI=1S/C19H29NO4/c1-5-19(15-20(6-1)11-17-4-9-22-12-17)10-18(14-24-19)23-13-16-2-7-21-8-3-16/h4,9,12,16,18H,1-3,5-8,10-11,13-15H2/t18-,19-/m0/s1. The van der Waals surface area contributed by atoms with Gasteiger partial charge in [-0.1, -0.05) is 0 Å². The molecule has 0 saturated carbocycles. The highest BCUT2D eigenvalue weighted by atomic mass is 16.6. The Morgan fingerprint density at radius 3 is 3.04 bits per heavy atom. The summed E-state index contributed by atoms with van der Waals surface area (Å²) in [5.74, 6) is 0.666. The Balaban J connectivity index is 1.26. The molecule has 0 amide bonds. The minimum absolute atomic E-state index is 0.00231. The van der Waals surface area contributed by atoms with E-state index in [9.17, 15) is 0 Å². The van der Waals surface area contributed by atoms with Crippen LogP contribution in [0, 0.1) is 5.92 Å². The number of furan rings is 1. The lowest BCUT2D eigenvalue weighted by atomic mass is 9.89. The zero-order valence-corrected chi connectivity index (χ0v) is 14.5. The van der Waals surface area contributed by atoms with Crippen molar-refractivity contribution in [2.24, 2.45) is 5.92 Å². The number of rotatable bonds is 5. The summed E-state index contributed by atoms with van der Waals surface area (Å²) in [6, 6.07) is 2.05. The van der Waals surface area contributed by atoms with E-state index in [4.69, 9.17) is 18.6 Å². The van der Waals surface area contributed by atoms with Gasteiger partial charge in [0.1, 0.15) is 0 Å². The second-order valence-electron chi connectivity index (χ2n) is 7.66. The third kappa shape index (κ3) is 4.02. The summed E-state index contributed by atoms with van der Waals surface area (Å²) in [6.07, 6.45) is 9.53. The zero-order valence-electron chi connectivity index (χ0n) is 14.5. The normalized spacial score (nSPS) is 32.6. The van der Waals surface area contributed by atoms with Crippen LogP contribution in [0.25, 0.3) is 0 Å². The van der Waals surface area contributed by atoms with Gasteiger partial charge in [-0.2, -0.15) is 0 Å². The molecule has 24 heavy (non-hydrogen) atoms. The van der Waals surface area contributed by atoms with Crippen molar-refractivity contribution in [1.29, 1.82) is 0 Å². The fraction of sp³-hybridized carbons (Fsp3) is 0.789. The van der Waals surface area contributed by atoms with E-state index >= 15 is 0 Å². The van der Waals surface area contributed by atoms with E-state index < -0.39 is 0 Å². The molecule has 0 radical (unpaired) electrons. The Labute approximate surface area is 144 Å². The van der Waals surface area contributed by atoms with E-state index in [-0.39, 0.29) is 11.7 Å². The van der Waals surface area contributed by atoms with Gasteiger partial charge in [0.25, 0.3) is 0 Å². The van der Waals surface area contributed by atoms with Crippen molar-refractivity contribution < 1.29 is 18.6 Å². The number of ether oxygens (including phenoxy) is 3. The number of hydrogen-bond acceptors (Lipinski definition) is 5. The molecule has 134 valence electrons. The van der Waals surface area contributed by atoms with E-state index in [1.54, 1.807) is 6.26 Å². The quantitative estimate of drug-likeness (QED) is 0.828. The average Bonchev–Trinajstić information content (AvgIpc) is 3.25. The molecule has 1 aromatic rings. The van der Waals surface area contributed by atoms with Gasteiger partial charge in [0, 0.05) is 38.3 Å². The summed E-state index contributed by atoms with van der Waals surface area (Å²) >= 11 is 0. The van der Waals surface area contributed by atoms with Crippen LogP contribution in [0.1, 0.15) is 37.7 Å². The Hall–Kier alpha value is -0.880. The topological polar surface area (TPSA) is 44.1 Å². The number of likely N-dealkylation sites (tertiary alicyclic amines) is 1. The molecule has 2 atom stereocenters. The maximum atomic E-state index is 6.27. The summed E-state index contributed by atoms with van der Waals surface area (Å²) in [5, 5.41) is 0. The fourth-order valence-corrected chi connectivity index (χ4v) is 4.35. The monoisotopic (exact) mass is 335 g/mol. The molecule has 0 aliphatic carbocycles. The van der Waals surface area contributed by atoms with Crippen LogP contribution in [0.2, 0.25) is 0 Å². The third-order valence-corrected chi connectivity index (χ3v) is 5.69. The average molecular weight is 335 g/mol. The van der Waals surface area contributed by atoms with Crippen molar-refractivity contribution in [3.63, 3.8) is 0 Å². The summed E-state index contributed by atoms with van der Waals surface area (Å²) < 4.78 is 23.1. The highest BCUT2D eigenvalue weighted by Crippen LogP contribution is 2.36. The maximum Gasteiger partial charge on any atom is 0.0947 e. The molecule has 4 heterocycles. The first-order valence-electron chi connectivity index (χ1n) is 9.38. The minimum Gasteiger partial charge on any atom is -0.472 e. The minimum atomic E-state index is 0.00231. The molecular formula is C19H29NO4.